The fraction of sp³-hybridized carbons (Fsp3) is 0.176. The molecule has 7 heteroatoms. The van der Waals surface area contributed by atoms with Gasteiger partial charge in [-0.1, -0.05) is 23.5 Å². The van der Waals surface area contributed by atoms with Crippen molar-refractivity contribution in [2.24, 2.45) is 4.99 Å². The van der Waals surface area contributed by atoms with Crippen molar-refractivity contribution in [3.8, 4) is 11.5 Å². The molecule has 2 heterocycles. The van der Waals surface area contributed by atoms with Crippen LogP contribution in [0.5, 0.6) is 11.5 Å². The normalized spacial score (nSPS) is 13.7. The predicted molar refractivity (Wildman–Crippen MR) is 95.6 cm³/mol. The Morgan fingerprint density at radius 3 is 2.79 bits per heavy atom. The van der Waals surface area contributed by atoms with E-state index in [2.05, 4.69) is 20.9 Å². The van der Waals surface area contributed by atoms with Crippen LogP contribution in [0.25, 0.3) is 10.2 Å². The number of ether oxygens (including phenoxy) is 2. The standard InChI is InChI=1S/C17H13BrN2O3S/c1-2-20-12-7-13-14(23-9-22-13)8-15(12)24-17(20)19-16(21)10-5-3-4-6-11(10)18/h3-8H,2,9H2,1H3. The second-order valence-corrected chi connectivity index (χ2v) is 7.06. The van der Waals surface area contributed by atoms with Crippen molar-refractivity contribution in [3.05, 3.63) is 51.2 Å². The van der Waals surface area contributed by atoms with Crippen molar-refractivity contribution in [3.63, 3.8) is 0 Å². The van der Waals surface area contributed by atoms with E-state index in [0.717, 1.165) is 26.2 Å². The van der Waals surface area contributed by atoms with E-state index in [0.29, 0.717) is 16.9 Å². The van der Waals surface area contributed by atoms with Gasteiger partial charge in [-0.05, 0) is 35.0 Å². The monoisotopic (exact) mass is 404 g/mol. The van der Waals surface area contributed by atoms with Crippen LogP contribution in [0.2, 0.25) is 0 Å². The van der Waals surface area contributed by atoms with Crippen molar-refractivity contribution in [1.29, 1.82) is 0 Å². The number of carbonyl (C=O) groups is 1. The number of aryl methyl sites for hydroxylation is 1. The summed E-state index contributed by atoms with van der Waals surface area (Å²) in [6.45, 7) is 2.98. The van der Waals surface area contributed by atoms with Crippen LogP contribution in [0.15, 0.2) is 45.9 Å². The van der Waals surface area contributed by atoms with Gasteiger partial charge in [-0.15, -0.1) is 0 Å². The Hall–Kier alpha value is -2.12. The van der Waals surface area contributed by atoms with Gasteiger partial charge < -0.3 is 14.0 Å². The molecule has 0 saturated heterocycles. The molecular formula is C17H13BrN2O3S. The number of amides is 1. The summed E-state index contributed by atoms with van der Waals surface area (Å²) in [5.74, 6) is 1.19. The minimum atomic E-state index is -0.267. The molecule has 122 valence electrons. The van der Waals surface area contributed by atoms with Gasteiger partial charge in [0.25, 0.3) is 5.91 Å². The third-order valence-electron chi connectivity index (χ3n) is 3.79. The van der Waals surface area contributed by atoms with Crippen LogP contribution in [0.4, 0.5) is 0 Å². The van der Waals surface area contributed by atoms with E-state index in [1.54, 1.807) is 6.07 Å². The lowest BCUT2D eigenvalue weighted by Gasteiger charge is -2.02. The van der Waals surface area contributed by atoms with Crippen LogP contribution < -0.4 is 14.3 Å². The second kappa shape index (κ2) is 6.07. The minimum Gasteiger partial charge on any atom is -0.454 e. The van der Waals surface area contributed by atoms with Crippen molar-refractivity contribution in [2.75, 3.05) is 6.79 Å². The van der Waals surface area contributed by atoms with Crippen LogP contribution in [-0.4, -0.2) is 17.3 Å². The molecule has 1 aliphatic heterocycles. The van der Waals surface area contributed by atoms with Crippen molar-refractivity contribution in [2.45, 2.75) is 13.5 Å². The van der Waals surface area contributed by atoms with Gasteiger partial charge in [0.15, 0.2) is 16.3 Å². The van der Waals surface area contributed by atoms with Crippen LogP contribution in [0, 0.1) is 0 Å². The SMILES string of the molecule is CCn1c(=NC(=O)c2ccccc2Br)sc2cc3c(cc21)OCO3. The maximum atomic E-state index is 12.5. The Morgan fingerprint density at radius 1 is 1.29 bits per heavy atom. The molecule has 0 fully saturated rings. The highest BCUT2D eigenvalue weighted by molar-refractivity contribution is 9.10. The Kier molecular flexibility index (Phi) is 3.90. The topological polar surface area (TPSA) is 52.8 Å². The van der Waals surface area contributed by atoms with E-state index in [4.69, 9.17) is 9.47 Å². The van der Waals surface area contributed by atoms with E-state index in [9.17, 15) is 4.79 Å². The van der Waals surface area contributed by atoms with Crippen molar-refractivity contribution >= 4 is 43.4 Å². The second-order valence-electron chi connectivity index (χ2n) is 5.20. The molecule has 0 aliphatic carbocycles. The van der Waals surface area contributed by atoms with Gasteiger partial charge in [-0.25, -0.2) is 0 Å². The fourth-order valence-corrected chi connectivity index (χ4v) is 4.19. The maximum Gasteiger partial charge on any atom is 0.280 e. The zero-order chi connectivity index (χ0) is 16.7. The van der Waals surface area contributed by atoms with Crippen LogP contribution in [-0.2, 0) is 6.54 Å². The molecular weight excluding hydrogens is 392 g/mol. The number of thiazole rings is 1. The summed E-state index contributed by atoms with van der Waals surface area (Å²) in [4.78, 5) is 17.5. The van der Waals surface area contributed by atoms with Crippen LogP contribution in [0.1, 0.15) is 17.3 Å². The average molecular weight is 405 g/mol. The van der Waals surface area contributed by atoms with Gasteiger partial charge >= 0.3 is 0 Å². The first-order chi connectivity index (χ1) is 11.7. The number of aromatic nitrogens is 1. The highest BCUT2D eigenvalue weighted by Crippen LogP contribution is 2.36. The smallest absolute Gasteiger partial charge is 0.280 e. The van der Waals surface area contributed by atoms with Crippen LogP contribution >= 0.6 is 27.3 Å². The van der Waals surface area contributed by atoms with Gasteiger partial charge in [0.1, 0.15) is 0 Å². The lowest BCUT2D eigenvalue weighted by Crippen LogP contribution is -2.16. The molecule has 0 unspecified atom stereocenters. The van der Waals surface area contributed by atoms with E-state index in [-0.39, 0.29) is 12.7 Å². The minimum absolute atomic E-state index is 0.247. The number of nitrogens with zero attached hydrogens (tertiary/aromatic N) is 2. The molecule has 0 atom stereocenters. The van der Waals surface area contributed by atoms with E-state index < -0.39 is 0 Å². The summed E-state index contributed by atoms with van der Waals surface area (Å²) < 4.78 is 14.6. The van der Waals surface area contributed by atoms with E-state index in [1.165, 1.54) is 11.3 Å². The molecule has 1 aliphatic rings. The molecule has 24 heavy (non-hydrogen) atoms. The average Bonchev–Trinajstić information content (AvgIpc) is 3.15. The van der Waals surface area contributed by atoms with Gasteiger partial charge in [0.05, 0.1) is 15.8 Å². The predicted octanol–water partition coefficient (Wildman–Crippen LogP) is 3.96. The molecule has 5 nitrogen and oxygen atoms in total. The van der Waals surface area contributed by atoms with Crippen LogP contribution in [0.3, 0.4) is 0 Å². The maximum absolute atomic E-state index is 12.5. The summed E-state index contributed by atoms with van der Waals surface area (Å²) in [7, 11) is 0. The molecule has 0 N–H and O–H groups in total. The Morgan fingerprint density at radius 2 is 2.04 bits per heavy atom. The number of carbonyl (C=O) groups excluding carboxylic acids is 1. The lowest BCUT2D eigenvalue weighted by atomic mass is 10.2. The Balaban J connectivity index is 1.87. The number of fused-ring (bicyclic) bond motifs is 2. The lowest BCUT2D eigenvalue weighted by molar-refractivity contribution is 0.0997. The first-order valence-electron chi connectivity index (χ1n) is 7.44. The van der Waals surface area contributed by atoms with Gasteiger partial charge in [-0.2, -0.15) is 4.99 Å². The van der Waals surface area contributed by atoms with Gasteiger partial charge in [-0.3, -0.25) is 4.79 Å². The molecule has 1 amide bonds. The molecule has 0 saturated carbocycles. The number of halogens is 1. The first-order valence-corrected chi connectivity index (χ1v) is 9.05. The Bertz CT molecular complexity index is 1020. The molecule has 1 aromatic heterocycles. The molecule has 4 rings (SSSR count). The molecule has 0 radical (unpaired) electrons. The van der Waals surface area contributed by atoms with Gasteiger partial charge in [0, 0.05) is 23.2 Å². The zero-order valence-corrected chi connectivity index (χ0v) is 15.2. The first kappa shape index (κ1) is 15.4. The Labute approximate surface area is 150 Å². The largest absolute Gasteiger partial charge is 0.454 e. The van der Waals surface area contributed by atoms with Gasteiger partial charge in [0.2, 0.25) is 6.79 Å². The number of benzene rings is 2. The third-order valence-corrected chi connectivity index (χ3v) is 5.53. The summed E-state index contributed by atoms with van der Waals surface area (Å²) in [5, 5.41) is 0. The molecule has 0 bridgehead atoms. The fourth-order valence-electron chi connectivity index (χ4n) is 2.63. The van der Waals surface area contributed by atoms with E-state index in [1.807, 2.05) is 41.8 Å². The summed E-state index contributed by atoms with van der Waals surface area (Å²) in [6, 6.07) is 11.2. The summed E-state index contributed by atoms with van der Waals surface area (Å²) in [5.41, 5.74) is 1.54. The number of rotatable bonds is 2. The number of hydrogen-bond acceptors (Lipinski definition) is 4. The van der Waals surface area contributed by atoms with E-state index >= 15 is 0 Å². The zero-order valence-electron chi connectivity index (χ0n) is 12.8. The van der Waals surface area contributed by atoms with Crippen molar-refractivity contribution in [1.82, 2.24) is 4.57 Å². The molecule has 0 spiro atoms. The quantitative estimate of drug-likeness (QED) is 0.649. The highest BCUT2D eigenvalue weighted by atomic mass is 79.9. The molecule has 3 aromatic rings. The van der Waals surface area contributed by atoms with Crippen molar-refractivity contribution < 1.29 is 14.3 Å². The summed E-state index contributed by atoms with van der Waals surface area (Å²) in [6.07, 6.45) is 0. The number of hydrogen-bond donors (Lipinski definition) is 0. The molecule has 2 aromatic carbocycles. The summed E-state index contributed by atoms with van der Waals surface area (Å²) >= 11 is 4.87. The third kappa shape index (κ3) is 2.53. The highest BCUT2D eigenvalue weighted by Gasteiger charge is 2.17.